The van der Waals surface area contributed by atoms with Gasteiger partial charge in [0.05, 0.1) is 5.56 Å². The number of nitrogens with zero attached hydrogens (tertiary/aromatic N) is 1. The van der Waals surface area contributed by atoms with Crippen molar-refractivity contribution in [1.82, 2.24) is 4.57 Å². The van der Waals surface area contributed by atoms with E-state index in [2.05, 4.69) is 0 Å². The first-order valence-electron chi connectivity index (χ1n) is 5.45. The third kappa shape index (κ3) is 1.95. The number of carboxylic acid groups (broad SMARTS) is 2. The molecule has 0 atom stereocenters. The highest BCUT2D eigenvalue weighted by molar-refractivity contribution is 5.96. The molecule has 0 spiro atoms. The molecule has 2 aromatic rings. The number of benzene rings is 1. The van der Waals surface area contributed by atoms with Gasteiger partial charge >= 0.3 is 11.9 Å². The number of aromatic carboxylic acids is 1. The second kappa shape index (κ2) is 4.18. The molecule has 94 valence electrons. The van der Waals surface area contributed by atoms with E-state index in [4.69, 9.17) is 10.2 Å². The van der Waals surface area contributed by atoms with Crippen LogP contribution >= 0.6 is 0 Å². The molecule has 5 heteroatoms. The highest BCUT2D eigenvalue weighted by Crippen LogP contribution is 2.23. The Kier molecular flexibility index (Phi) is 2.82. The summed E-state index contributed by atoms with van der Waals surface area (Å²) >= 11 is 0. The van der Waals surface area contributed by atoms with Crippen LogP contribution in [0.4, 0.5) is 0 Å². The molecule has 18 heavy (non-hydrogen) atoms. The van der Waals surface area contributed by atoms with Gasteiger partial charge in [-0.1, -0.05) is 0 Å². The lowest BCUT2D eigenvalue weighted by Gasteiger charge is -2.06. The first-order valence-corrected chi connectivity index (χ1v) is 5.45. The maximum absolute atomic E-state index is 11.1. The van der Waals surface area contributed by atoms with Crippen LogP contribution in [0.3, 0.4) is 0 Å². The van der Waals surface area contributed by atoms with E-state index in [-0.39, 0.29) is 12.1 Å². The van der Waals surface area contributed by atoms with Crippen molar-refractivity contribution in [1.29, 1.82) is 0 Å². The van der Waals surface area contributed by atoms with Gasteiger partial charge in [-0.15, -0.1) is 0 Å². The molecule has 0 aliphatic rings. The third-order valence-corrected chi connectivity index (χ3v) is 2.98. The third-order valence-electron chi connectivity index (χ3n) is 2.98. The highest BCUT2D eigenvalue weighted by atomic mass is 16.4. The minimum atomic E-state index is -1.00. The standard InChI is InChI=1S/C13H13NO4/c1-7-3-9-4-8(2)14(6-12(15)16)11(9)5-10(7)13(17)18/h3-5H,6H2,1-2H3,(H,15,16)(H,17,18). The Morgan fingerprint density at radius 3 is 2.39 bits per heavy atom. The van der Waals surface area contributed by atoms with E-state index in [9.17, 15) is 9.59 Å². The molecule has 0 bridgehead atoms. The average molecular weight is 247 g/mol. The monoisotopic (exact) mass is 247 g/mol. The Morgan fingerprint density at radius 2 is 1.83 bits per heavy atom. The maximum atomic E-state index is 11.1. The smallest absolute Gasteiger partial charge is 0.336 e. The number of carbonyl (C=O) groups is 2. The summed E-state index contributed by atoms with van der Waals surface area (Å²) in [5, 5.41) is 18.8. The van der Waals surface area contributed by atoms with Gasteiger partial charge in [0.1, 0.15) is 6.54 Å². The van der Waals surface area contributed by atoms with Crippen molar-refractivity contribution in [2.24, 2.45) is 0 Å². The minimum absolute atomic E-state index is 0.169. The van der Waals surface area contributed by atoms with Gasteiger partial charge in [0.25, 0.3) is 0 Å². The summed E-state index contributed by atoms with van der Waals surface area (Å²) in [4.78, 5) is 21.9. The topological polar surface area (TPSA) is 79.5 Å². The van der Waals surface area contributed by atoms with Crippen molar-refractivity contribution >= 4 is 22.8 Å². The summed E-state index contributed by atoms with van der Waals surface area (Å²) in [5.41, 5.74) is 2.31. The molecule has 0 radical (unpaired) electrons. The molecule has 1 aromatic heterocycles. The van der Waals surface area contributed by atoms with Crippen LogP contribution in [0.2, 0.25) is 0 Å². The van der Waals surface area contributed by atoms with E-state index >= 15 is 0 Å². The zero-order chi connectivity index (χ0) is 13.4. The van der Waals surface area contributed by atoms with Gasteiger partial charge in [0, 0.05) is 16.6 Å². The first kappa shape index (κ1) is 12.2. The van der Waals surface area contributed by atoms with Crippen molar-refractivity contribution < 1.29 is 19.8 Å². The zero-order valence-electron chi connectivity index (χ0n) is 10.1. The van der Waals surface area contributed by atoms with Gasteiger partial charge in [-0.05, 0) is 37.6 Å². The Bertz CT molecular complexity index is 655. The lowest BCUT2D eigenvalue weighted by atomic mass is 10.1. The Labute approximate surface area is 103 Å². The summed E-state index contributed by atoms with van der Waals surface area (Å²) in [5.74, 6) is -1.96. The maximum Gasteiger partial charge on any atom is 0.336 e. The van der Waals surface area contributed by atoms with E-state index in [1.807, 2.05) is 6.07 Å². The molecule has 0 fully saturated rings. The SMILES string of the molecule is Cc1cc2cc(C)n(CC(=O)O)c2cc1C(=O)O. The van der Waals surface area contributed by atoms with Gasteiger partial charge < -0.3 is 14.8 Å². The second-order valence-electron chi connectivity index (χ2n) is 4.30. The molecule has 1 aromatic carbocycles. The molecule has 5 nitrogen and oxygen atoms in total. The Balaban J connectivity index is 2.72. The summed E-state index contributed by atoms with van der Waals surface area (Å²) in [6.45, 7) is 3.36. The summed E-state index contributed by atoms with van der Waals surface area (Å²) < 4.78 is 1.60. The van der Waals surface area contributed by atoms with E-state index in [1.165, 1.54) is 6.07 Å². The van der Waals surface area contributed by atoms with Gasteiger partial charge in [0.2, 0.25) is 0 Å². The molecular weight excluding hydrogens is 234 g/mol. The molecule has 2 N–H and O–H groups in total. The Morgan fingerprint density at radius 1 is 1.17 bits per heavy atom. The number of aryl methyl sites for hydroxylation is 2. The van der Waals surface area contributed by atoms with Crippen molar-refractivity contribution in [2.45, 2.75) is 20.4 Å². The van der Waals surface area contributed by atoms with Crippen LogP contribution in [-0.4, -0.2) is 26.7 Å². The number of hydrogen-bond acceptors (Lipinski definition) is 2. The quantitative estimate of drug-likeness (QED) is 0.869. The lowest BCUT2D eigenvalue weighted by Crippen LogP contribution is -2.10. The predicted molar refractivity (Wildman–Crippen MR) is 66.0 cm³/mol. The van der Waals surface area contributed by atoms with Crippen molar-refractivity contribution in [3.05, 3.63) is 35.0 Å². The van der Waals surface area contributed by atoms with Crippen LogP contribution < -0.4 is 0 Å². The molecule has 0 aliphatic carbocycles. The molecule has 0 unspecified atom stereocenters. The summed E-state index contributed by atoms with van der Waals surface area (Å²) in [6.07, 6.45) is 0. The van der Waals surface area contributed by atoms with E-state index in [1.54, 1.807) is 24.5 Å². The predicted octanol–water partition coefficient (Wildman–Crippen LogP) is 2.04. The van der Waals surface area contributed by atoms with Crippen molar-refractivity contribution in [3.8, 4) is 0 Å². The van der Waals surface area contributed by atoms with Gasteiger partial charge in [0.15, 0.2) is 0 Å². The highest BCUT2D eigenvalue weighted by Gasteiger charge is 2.14. The van der Waals surface area contributed by atoms with Crippen LogP contribution in [0.15, 0.2) is 18.2 Å². The fourth-order valence-electron chi connectivity index (χ4n) is 2.14. The Hall–Kier alpha value is -2.30. The number of fused-ring (bicyclic) bond motifs is 1. The zero-order valence-corrected chi connectivity index (χ0v) is 10.1. The minimum Gasteiger partial charge on any atom is -0.480 e. The number of aliphatic carboxylic acids is 1. The first-order chi connectivity index (χ1) is 8.40. The van der Waals surface area contributed by atoms with Crippen LogP contribution in [0, 0.1) is 13.8 Å². The second-order valence-corrected chi connectivity index (χ2v) is 4.30. The molecular formula is C13H13NO4. The molecule has 0 saturated heterocycles. The molecule has 0 saturated carbocycles. The number of carboxylic acids is 2. The van der Waals surface area contributed by atoms with Crippen LogP contribution in [0.1, 0.15) is 21.6 Å². The summed E-state index contributed by atoms with van der Waals surface area (Å²) in [7, 11) is 0. The largest absolute Gasteiger partial charge is 0.480 e. The molecule has 1 heterocycles. The van der Waals surface area contributed by atoms with Gasteiger partial charge in [-0.2, -0.15) is 0 Å². The molecule has 0 aliphatic heterocycles. The average Bonchev–Trinajstić information content (AvgIpc) is 2.52. The fourth-order valence-corrected chi connectivity index (χ4v) is 2.14. The fraction of sp³-hybridized carbons (Fsp3) is 0.231. The molecule has 0 amide bonds. The van der Waals surface area contributed by atoms with Crippen LogP contribution in [0.5, 0.6) is 0 Å². The number of hydrogen-bond donors (Lipinski definition) is 2. The normalized spacial score (nSPS) is 10.8. The van der Waals surface area contributed by atoms with Crippen molar-refractivity contribution in [3.63, 3.8) is 0 Å². The number of rotatable bonds is 3. The summed E-state index contributed by atoms with van der Waals surface area (Å²) in [6, 6.07) is 5.16. The number of aromatic nitrogens is 1. The van der Waals surface area contributed by atoms with Gasteiger partial charge in [-0.3, -0.25) is 4.79 Å². The van der Waals surface area contributed by atoms with Crippen molar-refractivity contribution in [2.75, 3.05) is 0 Å². The molecule has 2 rings (SSSR count). The van der Waals surface area contributed by atoms with E-state index < -0.39 is 11.9 Å². The lowest BCUT2D eigenvalue weighted by molar-refractivity contribution is -0.137. The van der Waals surface area contributed by atoms with Crippen LogP contribution in [-0.2, 0) is 11.3 Å². The van der Waals surface area contributed by atoms with E-state index in [0.717, 1.165) is 11.1 Å². The van der Waals surface area contributed by atoms with Gasteiger partial charge in [-0.25, -0.2) is 4.79 Å². The van der Waals surface area contributed by atoms with Crippen LogP contribution in [0.25, 0.3) is 10.9 Å². The van der Waals surface area contributed by atoms with E-state index in [0.29, 0.717) is 11.1 Å².